The molecule has 84 valence electrons. The molecule has 0 radical (unpaired) electrons. The molecule has 0 aliphatic carbocycles. The predicted molar refractivity (Wildman–Crippen MR) is 72.1 cm³/mol. The number of hydrogen-bond donors (Lipinski definition) is 1. The molecule has 0 aliphatic heterocycles. The van der Waals surface area contributed by atoms with E-state index in [1.165, 1.54) is 15.5 Å². The van der Waals surface area contributed by atoms with Crippen molar-refractivity contribution >= 4 is 28.8 Å². The van der Waals surface area contributed by atoms with Crippen molar-refractivity contribution in [1.29, 1.82) is 0 Å². The van der Waals surface area contributed by atoms with Gasteiger partial charge in [-0.05, 0) is 37.6 Å². The highest BCUT2D eigenvalue weighted by molar-refractivity contribution is 7.99. The summed E-state index contributed by atoms with van der Waals surface area (Å²) in [6, 6.07) is 8.03. The summed E-state index contributed by atoms with van der Waals surface area (Å²) in [5.74, 6) is 1.09. The van der Waals surface area contributed by atoms with E-state index in [0.29, 0.717) is 0 Å². The smallest absolute Gasteiger partial charge is 0.0797 e. The summed E-state index contributed by atoms with van der Waals surface area (Å²) in [7, 11) is 0. The summed E-state index contributed by atoms with van der Waals surface area (Å²) in [4.78, 5) is 6.91. The molecule has 0 fully saturated rings. The van der Waals surface area contributed by atoms with Crippen LogP contribution in [0.4, 0.5) is 5.69 Å². The Morgan fingerprint density at radius 3 is 2.69 bits per heavy atom. The van der Waals surface area contributed by atoms with E-state index in [4.69, 9.17) is 5.73 Å². The maximum atomic E-state index is 5.64. The molecule has 16 heavy (non-hydrogen) atoms. The standard InChI is InChI=1S/C12H14N2S2/c1-9-12(16-8-14-9)6-7-15-11-4-2-10(13)3-5-11/h2-5,8H,6-7,13H2,1H3. The van der Waals surface area contributed by atoms with Crippen LogP contribution in [0, 0.1) is 6.92 Å². The van der Waals surface area contributed by atoms with Crippen LogP contribution in [0.15, 0.2) is 34.7 Å². The number of thiazole rings is 1. The van der Waals surface area contributed by atoms with Crippen molar-refractivity contribution in [2.75, 3.05) is 11.5 Å². The van der Waals surface area contributed by atoms with Crippen LogP contribution >= 0.6 is 23.1 Å². The van der Waals surface area contributed by atoms with E-state index in [9.17, 15) is 0 Å². The first kappa shape index (κ1) is 11.5. The van der Waals surface area contributed by atoms with Crippen molar-refractivity contribution in [3.05, 3.63) is 40.3 Å². The van der Waals surface area contributed by atoms with Gasteiger partial charge in [0, 0.05) is 21.2 Å². The summed E-state index contributed by atoms with van der Waals surface area (Å²) >= 11 is 3.60. The number of hydrogen-bond acceptors (Lipinski definition) is 4. The topological polar surface area (TPSA) is 38.9 Å². The van der Waals surface area contributed by atoms with E-state index in [0.717, 1.165) is 17.9 Å². The molecule has 0 unspecified atom stereocenters. The number of rotatable bonds is 4. The van der Waals surface area contributed by atoms with Crippen LogP contribution < -0.4 is 5.73 Å². The summed E-state index contributed by atoms with van der Waals surface area (Å²) < 4.78 is 0. The highest BCUT2D eigenvalue weighted by Gasteiger charge is 2.01. The SMILES string of the molecule is Cc1ncsc1CCSc1ccc(N)cc1. The van der Waals surface area contributed by atoms with Crippen LogP contribution in [0.1, 0.15) is 10.6 Å². The molecule has 2 rings (SSSR count). The molecule has 0 aliphatic rings. The third-order valence-electron chi connectivity index (χ3n) is 2.32. The van der Waals surface area contributed by atoms with E-state index < -0.39 is 0 Å². The Hall–Kier alpha value is -1.00. The monoisotopic (exact) mass is 250 g/mol. The molecule has 0 amide bonds. The van der Waals surface area contributed by atoms with Gasteiger partial charge in [0.2, 0.25) is 0 Å². The Morgan fingerprint density at radius 1 is 1.31 bits per heavy atom. The quantitative estimate of drug-likeness (QED) is 0.668. The molecule has 0 spiro atoms. The van der Waals surface area contributed by atoms with Crippen LogP contribution in [0.2, 0.25) is 0 Å². The Balaban J connectivity index is 1.84. The molecular formula is C12H14N2S2. The van der Waals surface area contributed by atoms with Gasteiger partial charge in [0.1, 0.15) is 0 Å². The summed E-state index contributed by atoms with van der Waals surface area (Å²) in [6.07, 6.45) is 1.09. The number of nitrogens with two attached hydrogens (primary N) is 1. The normalized spacial score (nSPS) is 10.6. The van der Waals surface area contributed by atoms with Gasteiger partial charge < -0.3 is 5.73 Å². The second-order valence-electron chi connectivity index (χ2n) is 3.53. The maximum Gasteiger partial charge on any atom is 0.0797 e. The average molecular weight is 250 g/mol. The zero-order valence-corrected chi connectivity index (χ0v) is 10.8. The highest BCUT2D eigenvalue weighted by Crippen LogP contribution is 2.22. The van der Waals surface area contributed by atoms with Crippen molar-refractivity contribution in [3.63, 3.8) is 0 Å². The second-order valence-corrected chi connectivity index (χ2v) is 5.64. The molecule has 0 atom stereocenters. The number of nitrogens with zero attached hydrogens (tertiary/aromatic N) is 1. The zero-order valence-electron chi connectivity index (χ0n) is 9.14. The lowest BCUT2D eigenvalue weighted by atomic mass is 10.3. The minimum Gasteiger partial charge on any atom is -0.399 e. The van der Waals surface area contributed by atoms with Crippen LogP contribution in [-0.2, 0) is 6.42 Å². The zero-order chi connectivity index (χ0) is 11.4. The first-order chi connectivity index (χ1) is 7.75. The molecule has 2 N–H and O–H groups in total. The van der Waals surface area contributed by atoms with Gasteiger partial charge >= 0.3 is 0 Å². The van der Waals surface area contributed by atoms with E-state index in [-0.39, 0.29) is 0 Å². The fourth-order valence-electron chi connectivity index (χ4n) is 1.39. The number of aromatic nitrogens is 1. The molecule has 4 heteroatoms. The fourth-order valence-corrected chi connectivity index (χ4v) is 3.17. The second kappa shape index (κ2) is 5.37. The van der Waals surface area contributed by atoms with Gasteiger partial charge in [-0.1, -0.05) is 0 Å². The Bertz CT molecular complexity index is 448. The lowest BCUT2D eigenvalue weighted by Crippen LogP contribution is -1.88. The van der Waals surface area contributed by atoms with Crippen LogP contribution in [0.5, 0.6) is 0 Å². The lowest BCUT2D eigenvalue weighted by molar-refractivity contribution is 1.12. The van der Waals surface area contributed by atoms with Crippen LogP contribution in [-0.4, -0.2) is 10.7 Å². The van der Waals surface area contributed by atoms with Crippen LogP contribution in [0.3, 0.4) is 0 Å². The lowest BCUT2D eigenvalue weighted by Gasteiger charge is -2.01. The van der Waals surface area contributed by atoms with Crippen molar-refractivity contribution in [2.24, 2.45) is 0 Å². The van der Waals surface area contributed by atoms with Crippen molar-refractivity contribution in [1.82, 2.24) is 4.98 Å². The first-order valence-corrected chi connectivity index (χ1v) is 6.99. The largest absolute Gasteiger partial charge is 0.399 e. The molecule has 2 aromatic rings. The maximum absolute atomic E-state index is 5.64. The molecular weight excluding hydrogens is 236 g/mol. The van der Waals surface area contributed by atoms with Gasteiger partial charge in [-0.25, -0.2) is 4.98 Å². The van der Waals surface area contributed by atoms with Gasteiger partial charge in [0.05, 0.1) is 11.2 Å². The summed E-state index contributed by atoms with van der Waals surface area (Å²) in [6.45, 7) is 2.07. The van der Waals surface area contributed by atoms with E-state index >= 15 is 0 Å². The minimum absolute atomic E-state index is 0.822. The van der Waals surface area contributed by atoms with Gasteiger partial charge in [-0.3, -0.25) is 0 Å². The third-order valence-corrected chi connectivity index (χ3v) is 4.33. The van der Waals surface area contributed by atoms with Gasteiger partial charge in [0.15, 0.2) is 0 Å². The Labute approximate surface area is 104 Å². The number of aryl methyl sites for hydroxylation is 2. The number of benzene rings is 1. The first-order valence-electron chi connectivity index (χ1n) is 5.13. The minimum atomic E-state index is 0.822. The van der Waals surface area contributed by atoms with Gasteiger partial charge in [-0.15, -0.1) is 23.1 Å². The van der Waals surface area contributed by atoms with Gasteiger partial charge in [-0.2, -0.15) is 0 Å². The van der Waals surface area contributed by atoms with E-state index in [2.05, 4.69) is 24.0 Å². The molecule has 1 heterocycles. The molecule has 0 saturated heterocycles. The molecule has 0 bridgehead atoms. The van der Waals surface area contributed by atoms with Crippen LogP contribution in [0.25, 0.3) is 0 Å². The van der Waals surface area contributed by atoms with E-state index in [1.807, 2.05) is 29.4 Å². The molecule has 2 nitrogen and oxygen atoms in total. The number of nitrogen functional groups attached to an aromatic ring is 1. The number of anilines is 1. The fraction of sp³-hybridized carbons (Fsp3) is 0.250. The Kier molecular flexibility index (Phi) is 3.85. The average Bonchev–Trinajstić information content (AvgIpc) is 2.68. The highest BCUT2D eigenvalue weighted by atomic mass is 32.2. The summed E-state index contributed by atoms with van der Waals surface area (Å²) in [5.41, 5.74) is 9.54. The van der Waals surface area contributed by atoms with Crippen molar-refractivity contribution in [3.8, 4) is 0 Å². The predicted octanol–water partition coefficient (Wildman–Crippen LogP) is 3.37. The van der Waals surface area contributed by atoms with E-state index in [1.54, 1.807) is 11.3 Å². The third kappa shape index (κ3) is 3.00. The summed E-state index contributed by atoms with van der Waals surface area (Å²) in [5, 5.41) is 0. The molecule has 1 aromatic heterocycles. The van der Waals surface area contributed by atoms with Crippen molar-refractivity contribution < 1.29 is 0 Å². The van der Waals surface area contributed by atoms with Gasteiger partial charge in [0.25, 0.3) is 0 Å². The van der Waals surface area contributed by atoms with Crippen molar-refractivity contribution in [2.45, 2.75) is 18.2 Å². The molecule has 0 saturated carbocycles. The Morgan fingerprint density at radius 2 is 2.06 bits per heavy atom. The number of thioether (sulfide) groups is 1. The molecule has 1 aromatic carbocycles.